The van der Waals surface area contributed by atoms with Crippen LogP contribution in [0.1, 0.15) is 25.7 Å². The van der Waals surface area contributed by atoms with Gasteiger partial charge in [0.05, 0.1) is 0 Å². The maximum Gasteiger partial charge on any atom is 0.114 e. The second-order valence-electron chi connectivity index (χ2n) is 3.66. The Kier molecular flexibility index (Phi) is 3.49. The highest BCUT2D eigenvalue weighted by atomic mass is 14.9. The topological polar surface area (TPSA) is 12.0 Å². The normalized spacial score (nSPS) is 23.5. The van der Waals surface area contributed by atoms with Gasteiger partial charge in [0.2, 0.25) is 0 Å². The lowest BCUT2D eigenvalue weighted by Gasteiger charge is -2.14. The van der Waals surface area contributed by atoms with E-state index in [2.05, 4.69) is 47.2 Å². The molecule has 0 aromatic heterocycles. The smallest absolute Gasteiger partial charge is 0.114 e. The van der Waals surface area contributed by atoms with Crippen LogP contribution in [0, 0.1) is 11.8 Å². The second kappa shape index (κ2) is 5.29. The summed E-state index contributed by atoms with van der Waals surface area (Å²) in [5.41, 5.74) is 4.44. The highest BCUT2D eigenvalue weighted by Crippen LogP contribution is 2.09. The predicted octanol–water partition coefficient (Wildman–Crippen LogP) is 2.69. The predicted molar refractivity (Wildman–Crippen MR) is 63.0 cm³/mol. The molecular weight excluding hydrogens is 182 g/mol. The summed E-state index contributed by atoms with van der Waals surface area (Å²) in [7, 11) is 0. The van der Waals surface area contributed by atoms with E-state index in [0.717, 1.165) is 25.7 Å². The van der Waals surface area contributed by atoms with E-state index >= 15 is 0 Å². The van der Waals surface area contributed by atoms with Gasteiger partial charge in [0, 0.05) is 18.5 Å². The van der Waals surface area contributed by atoms with Crippen molar-refractivity contribution in [3.8, 4) is 11.8 Å². The molecule has 76 valence electrons. The summed E-state index contributed by atoms with van der Waals surface area (Å²) in [5.74, 6) is 6.37. The maximum atomic E-state index is 3.42. The molecule has 0 aromatic rings. The first-order valence-electron chi connectivity index (χ1n) is 5.45. The third-order valence-corrected chi connectivity index (χ3v) is 2.40. The monoisotopic (exact) mass is 197 g/mol. The van der Waals surface area contributed by atoms with Crippen molar-refractivity contribution in [2.24, 2.45) is 0 Å². The number of hydrogen-bond acceptors (Lipinski definition) is 1. The SMILES string of the molecule is C1=CCCC#CC(NC2=CCC=CC2)C=1. The summed E-state index contributed by atoms with van der Waals surface area (Å²) in [6, 6.07) is 0.124. The van der Waals surface area contributed by atoms with Gasteiger partial charge in [-0.15, -0.1) is 11.7 Å². The molecule has 0 aliphatic heterocycles. The first kappa shape index (κ1) is 9.90. The fourth-order valence-corrected chi connectivity index (χ4v) is 1.61. The van der Waals surface area contributed by atoms with Crippen LogP contribution in [0.15, 0.2) is 41.8 Å². The summed E-state index contributed by atoms with van der Waals surface area (Å²) in [4.78, 5) is 0. The van der Waals surface area contributed by atoms with Crippen molar-refractivity contribution < 1.29 is 0 Å². The third-order valence-electron chi connectivity index (χ3n) is 2.40. The highest BCUT2D eigenvalue weighted by Gasteiger charge is 2.03. The molecule has 2 rings (SSSR count). The van der Waals surface area contributed by atoms with Gasteiger partial charge in [-0.25, -0.2) is 0 Å². The molecular formula is C14H15N. The van der Waals surface area contributed by atoms with Gasteiger partial charge in [0.25, 0.3) is 0 Å². The van der Waals surface area contributed by atoms with Crippen molar-refractivity contribution in [2.45, 2.75) is 31.7 Å². The molecule has 0 amide bonds. The molecule has 0 saturated carbocycles. The minimum absolute atomic E-state index is 0.124. The van der Waals surface area contributed by atoms with E-state index in [1.807, 2.05) is 6.08 Å². The lowest BCUT2D eigenvalue weighted by atomic mass is 10.1. The van der Waals surface area contributed by atoms with Crippen molar-refractivity contribution in [3.05, 3.63) is 41.8 Å². The molecule has 15 heavy (non-hydrogen) atoms. The van der Waals surface area contributed by atoms with E-state index in [9.17, 15) is 0 Å². The quantitative estimate of drug-likeness (QED) is 0.408. The molecule has 0 saturated heterocycles. The lowest BCUT2D eigenvalue weighted by molar-refractivity contribution is 0.771. The van der Waals surface area contributed by atoms with Crippen molar-refractivity contribution in [1.29, 1.82) is 0 Å². The van der Waals surface area contributed by atoms with Gasteiger partial charge in [-0.05, 0) is 25.0 Å². The molecule has 1 nitrogen and oxygen atoms in total. The zero-order valence-electron chi connectivity index (χ0n) is 8.79. The number of rotatable bonds is 2. The van der Waals surface area contributed by atoms with E-state index in [4.69, 9.17) is 0 Å². The fraction of sp³-hybridized carbons (Fsp3) is 0.357. The van der Waals surface area contributed by atoms with E-state index in [1.54, 1.807) is 0 Å². The molecule has 0 radical (unpaired) electrons. The molecule has 2 aliphatic rings. The van der Waals surface area contributed by atoms with Crippen molar-refractivity contribution in [2.75, 3.05) is 0 Å². The van der Waals surface area contributed by atoms with E-state index in [1.165, 1.54) is 5.70 Å². The molecule has 0 spiro atoms. The molecule has 1 heteroatoms. The Morgan fingerprint density at radius 1 is 1.33 bits per heavy atom. The van der Waals surface area contributed by atoms with Gasteiger partial charge in [0.15, 0.2) is 0 Å². The zero-order valence-corrected chi connectivity index (χ0v) is 8.79. The van der Waals surface area contributed by atoms with E-state index in [-0.39, 0.29) is 6.04 Å². The molecule has 1 N–H and O–H groups in total. The van der Waals surface area contributed by atoms with Gasteiger partial charge < -0.3 is 5.32 Å². The molecule has 0 bridgehead atoms. The van der Waals surface area contributed by atoms with Gasteiger partial charge in [-0.2, -0.15) is 0 Å². The van der Waals surface area contributed by atoms with Gasteiger partial charge in [-0.1, -0.05) is 24.1 Å². The molecule has 1 unspecified atom stereocenters. The Balaban J connectivity index is 1.99. The molecule has 0 heterocycles. The van der Waals surface area contributed by atoms with Gasteiger partial charge in [0.1, 0.15) is 6.04 Å². The Labute approximate surface area is 91.3 Å². The molecule has 0 fully saturated rings. The van der Waals surface area contributed by atoms with Crippen LogP contribution in [-0.4, -0.2) is 6.04 Å². The Morgan fingerprint density at radius 3 is 3.20 bits per heavy atom. The van der Waals surface area contributed by atoms with E-state index in [0.29, 0.717) is 0 Å². The Hall–Kier alpha value is -1.64. The van der Waals surface area contributed by atoms with Crippen LogP contribution in [0.5, 0.6) is 0 Å². The van der Waals surface area contributed by atoms with Crippen LogP contribution < -0.4 is 5.32 Å². The standard InChI is InChI=1S/C14H15N/c1-2-5-9-13(10-6-3-1)15-14-11-7-4-8-12-14/h2,4,7,9,12-13,15H,1,3,8,11H2. The highest BCUT2D eigenvalue weighted by molar-refractivity contribution is 5.23. The Bertz CT molecular complexity index is 395. The van der Waals surface area contributed by atoms with Crippen molar-refractivity contribution in [3.63, 3.8) is 0 Å². The van der Waals surface area contributed by atoms with Crippen molar-refractivity contribution in [1.82, 2.24) is 5.32 Å². The largest absolute Gasteiger partial charge is 0.371 e. The fourth-order valence-electron chi connectivity index (χ4n) is 1.61. The first-order valence-corrected chi connectivity index (χ1v) is 5.45. The summed E-state index contributed by atoms with van der Waals surface area (Å²) in [5, 5.41) is 3.42. The minimum atomic E-state index is 0.124. The summed E-state index contributed by atoms with van der Waals surface area (Å²) < 4.78 is 0. The van der Waals surface area contributed by atoms with Crippen molar-refractivity contribution >= 4 is 0 Å². The average molecular weight is 197 g/mol. The van der Waals surface area contributed by atoms with Crippen LogP contribution in [0.2, 0.25) is 0 Å². The van der Waals surface area contributed by atoms with Crippen LogP contribution >= 0.6 is 0 Å². The Morgan fingerprint density at radius 2 is 2.33 bits per heavy atom. The van der Waals surface area contributed by atoms with Crippen LogP contribution in [0.4, 0.5) is 0 Å². The summed E-state index contributed by atoms with van der Waals surface area (Å²) in [6.07, 6.45) is 14.6. The lowest BCUT2D eigenvalue weighted by Crippen LogP contribution is -2.25. The first-order chi connectivity index (χ1) is 7.45. The molecule has 0 aromatic carbocycles. The average Bonchev–Trinajstić information content (AvgIpc) is 2.23. The van der Waals surface area contributed by atoms with Crippen LogP contribution in [0.3, 0.4) is 0 Å². The zero-order chi connectivity index (χ0) is 10.3. The maximum absolute atomic E-state index is 3.42. The molecule has 1 atom stereocenters. The van der Waals surface area contributed by atoms with E-state index < -0.39 is 0 Å². The van der Waals surface area contributed by atoms with Gasteiger partial charge in [-0.3, -0.25) is 0 Å². The molecule has 2 aliphatic carbocycles. The summed E-state index contributed by atoms with van der Waals surface area (Å²) in [6.45, 7) is 0. The summed E-state index contributed by atoms with van der Waals surface area (Å²) >= 11 is 0. The third kappa shape index (κ3) is 3.20. The number of allylic oxidation sites excluding steroid dienone is 3. The van der Waals surface area contributed by atoms with Crippen LogP contribution in [-0.2, 0) is 0 Å². The number of hydrogen-bond donors (Lipinski definition) is 1. The number of nitrogens with one attached hydrogen (secondary N) is 1. The van der Waals surface area contributed by atoms with Crippen LogP contribution in [0.25, 0.3) is 0 Å². The minimum Gasteiger partial charge on any atom is -0.371 e. The van der Waals surface area contributed by atoms with Gasteiger partial charge >= 0.3 is 0 Å². The second-order valence-corrected chi connectivity index (χ2v) is 3.66.